The van der Waals surface area contributed by atoms with Crippen LogP contribution in [0.15, 0.2) is 23.6 Å². The third-order valence-corrected chi connectivity index (χ3v) is 4.49. The highest BCUT2D eigenvalue weighted by atomic mass is 32.2. The van der Waals surface area contributed by atoms with Crippen molar-refractivity contribution >= 4 is 17.2 Å². The van der Waals surface area contributed by atoms with E-state index in [1.54, 1.807) is 32.9 Å². The summed E-state index contributed by atoms with van der Waals surface area (Å²) in [6, 6.07) is -0.401. The Morgan fingerprint density at radius 1 is 1.48 bits per heavy atom. The Bertz CT molecular complexity index is 524. The van der Waals surface area contributed by atoms with Gasteiger partial charge in [0.25, 0.3) is 5.91 Å². The monoisotopic (exact) mass is 345 g/mol. The summed E-state index contributed by atoms with van der Waals surface area (Å²) in [7, 11) is 0. The van der Waals surface area contributed by atoms with Crippen molar-refractivity contribution in [1.29, 1.82) is 0 Å². The smallest absolute Gasteiger partial charge is 0.251 e. The molecule has 3 atom stereocenters. The van der Waals surface area contributed by atoms with Crippen molar-refractivity contribution in [2.75, 3.05) is 6.54 Å². The van der Waals surface area contributed by atoms with E-state index in [4.69, 9.17) is 4.74 Å². The fourth-order valence-corrected chi connectivity index (χ4v) is 3.11. The SMILES string of the molecule is C/C=C1/OC(CCNC(=O)C(C)(C)O)[C@@H](C)N(S(=O)[O-])/C1=C/C. The lowest BCUT2D eigenvalue weighted by Gasteiger charge is -2.44. The van der Waals surface area contributed by atoms with E-state index in [0.29, 0.717) is 17.9 Å². The Morgan fingerprint density at radius 2 is 2.09 bits per heavy atom. The Kier molecular flexibility index (Phi) is 6.79. The summed E-state index contributed by atoms with van der Waals surface area (Å²) in [5.41, 5.74) is -0.945. The Labute approximate surface area is 139 Å². The van der Waals surface area contributed by atoms with Crippen LogP contribution in [0.2, 0.25) is 0 Å². The summed E-state index contributed by atoms with van der Waals surface area (Å²) < 4.78 is 30.3. The normalized spacial score (nSPS) is 27.0. The maximum absolute atomic E-state index is 11.6. The highest BCUT2D eigenvalue weighted by Crippen LogP contribution is 2.31. The van der Waals surface area contributed by atoms with Crippen LogP contribution in [0, 0.1) is 0 Å². The average Bonchev–Trinajstić information content (AvgIpc) is 2.46. The molecule has 1 heterocycles. The van der Waals surface area contributed by atoms with Crippen molar-refractivity contribution in [3.05, 3.63) is 23.6 Å². The first-order valence-corrected chi connectivity index (χ1v) is 8.55. The fourth-order valence-electron chi connectivity index (χ4n) is 2.35. The van der Waals surface area contributed by atoms with Gasteiger partial charge in [0.15, 0.2) is 0 Å². The zero-order valence-corrected chi connectivity index (χ0v) is 15.0. The van der Waals surface area contributed by atoms with E-state index in [1.165, 1.54) is 18.2 Å². The van der Waals surface area contributed by atoms with Crippen LogP contribution in [0.1, 0.15) is 41.0 Å². The molecule has 1 fully saturated rings. The molecule has 0 aromatic carbocycles. The number of nitrogens with zero attached hydrogens (tertiary/aromatic N) is 1. The number of amides is 1. The number of nitrogens with one attached hydrogen (secondary N) is 1. The van der Waals surface area contributed by atoms with Crippen molar-refractivity contribution < 1.29 is 23.4 Å². The zero-order valence-electron chi connectivity index (χ0n) is 14.2. The van der Waals surface area contributed by atoms with Crippen LogP contribution < -0.4 is 5.32 Å². The molecule has 23 heavy (non-hydrogen) atoms. The minimum Gasteiger partial charge on any atom is -0.755 e. The second-order valence-electron chi connectivity index (χ2n) is 5.87. The Balaban J connectivity index is 2.80. The molecule has 0 aromatic heterocycles. The Morgan fingerprint density at radius 3 is 2.52 bits per heavy atom. The lowest BCUT2D eigenvalue weighted by atomic mass is 10.0. The number of carbonyl (C=O) groups excluding carboxylic acids is 1. The lowest BCUT2D eigenvalue weighted by molar-refractivity contribution is -0.136. The van der Waals surface area contributed by atoms with Gasteiger partial charge in [-0.05, 0) is 40.7 Å². The predicted molar refractivity (Wildman–Crippen MR) is 86.5 cm³/mol. The summed E-state index contributed by atoms with van der Waals surface area (Å²) in [6.45, 7) is 8.36. The topological polar surface area (TPSA) is 102 Å². The number of rotatable bonds is 5. The van der Waals surface area contributed by atoms with Gasteiger partial charge in [-0.1, -0.05) is 6.08 Å². The first kappa shape index (κ1) is 19.7. The minimum atomic E-state index is -2.42. The van der Waals surface area contributed by atoms with Gasteiger partial charge in [0, 0.05) is 24.2 Å². The van der Waals surface area contributed by atoms with Gasteiger partial charge in [0.2, 0.25) is 0 Å². The summed E-state index contributed by atoms with van der Waals surface area (Å²) in [5, 5.41) is 12.2. The van der Waals surface area contributed by atoms with Gasteiger partial charge in [-0.2, -0.15) is 0 Å². The van der Waals surface area contributed by atoms with Crippen LogP contribution in [-0.4, -0.2) is 48.4 Å². The van der Waals surface area contributed by atoms with Gasteiger partial charge in [0.1, 0.15) is 17.5 Å². The number of hydrogen-bond acceptors (Lipinski definition) is 5. The molecule has 1 aliphatic heterocycles. The van der Waals surface area contributed by atoms with Crippen LogP contribution in [0.5, 0.6) is 0 Å². The van der Waals surface area contributed by atoms with Crippen molar-refractivity contribution in [2.45, 2.75) is 58.8 Å². The number of allylic oxidation sites excluding steroid dienone is 2. The second-order valence-corrected chi connectivity index (χ2v) is 6.70. The van der Waals surface area contributed by atoms with E-state index >= 15 is 0 Å². The fraction of sp³-hybridized carbons (Fsp3) is 0.667. The first-order chi connectivity index (χ1) is 10.6. The molecule has 1 saturated heterocycles. The van der Waals surface area contributed by atoms with Crippen LogP contribution in [0.3, 0.4) is 0 Å². The maximum Gasteiger partial charge on any atom is 0.251 e. The largest absolute Gasteiger partial charge is 0.755 e. The molecule has 7 nitrogen and oxygen atoms in total. The third kappa shape index (κ3) is 4.79. The van der Waals surface area contributed by atoms with Gasteiger partial charge in [-0.15, -0.1) is 0 Å². The summed E-state index contributed by atoms with van der Waals surface area (Å²) in [4.78, 5) is 11.6. The third-order valence-electron chi connectivity index (χ3n) is 3.64. The molecule has 0 aromatic rings. The van der Waals surface area contributed by atoms with E-state index in [-0.39, 0.29) is 6.54 Å². The van der Waals surface area contributed by atoms with Crippen LogP contribution in [0.25, 0.3) is 0 Å². The molecule has 2 unspecified atom stereocenters. The molecule has 2 N–H and O–H groups in total. The van der Waals surface area contributed by atoms with E-state index in [0.717, 1.165) is 0 Å². The maximum atomic E-state index is 11.6. The number of carbonyl (C=O) groups is 1. The highest BCUT2D eigenvalue weighted by Gasteiger charge is 2.35. The molecule has 1 rings (SSSR count). The van der Waals surface area contributed by atoms with E-state index < -0.39 is 34.9 Å². The van der Waals surface area contributed by atoms with Gasteiger partial charge in [0.05, 0.1) is 11.7 Å². The van der Waals surface area contributed by atoms with Crippen molar-refractivity contribution in [2.24, 2.45) is 0 Å². The second kappa shape index (κ2) is 7.94. The van der Waals surface area contributed by atoms with Gasteiger partial charge in [-0.3, -0.25) is 13.3 Å². The molecule has 1 amide bonds. The molecule has 0 aliphatic carbocycles. The van der Waals surface area contributed by atoms with Gasteiger partial charge in [-0.25, -0.2) is 0 Å². The molecule has 1 aliphatic rings. The quantitative estimate of drug-likeness (QED) is 0.723. The molecular weight excluding hydrogens is 320 g/mol. The predicted octanol–water partition coefficient (Wildman–Crippen LogP) is 0.955. The molecular formula is C15H25N2O5S-. The van der Waals surface area contributed by atoms with Crippen LogP contribution in [-0.2, 0) is 20.8 Å². The van der Waals surface area contributed by atoms with Crippen LogP contribution >= 0.6 is 0 Å². The molecule has 0 radical (unpaired) electrons. The van der Waals surface area contributed by atoms with Crippen molar-refractivity contribution in [3.63, 3.8) is 0 Å². The summed E-state index contributed by atoms with van der Waals surface area (Å²) in [6.07, 6.45) is 3.42. The van der Waals surface area contributed by atoms with Crippen molar-refractivity contribution in [3.8, 4) is 0 Å². The first-order valence-electron chi connectivity index (χ1n) is 7.52. The molecule has 132 valence electrons. The molecule has 0 saturated carbocycles. The summed E-state index contributed by atoms with van der Waals surface area (Å²) in [5.74, 6) is 0.0132. The molecule has 0 spiro atoms. The van der Waals surface area contributed by atoms with Crippen molar-refractivity contribution in [1.82, 2.24) is 9.62 Å². The van der Waals surface area contributed by atoms with E-state index in [9.17, 15) is 18.7 Å². The average molecular weight is 345 g/mol. The van der Waals surface area contributed by atoms with E-state index in [2.05, 4.69) is 5.32 Å². The lowest BCUT2D eigenvalue weighted by Crippen LogP contribution is -2.49. The zero-order chi connectivity index (χ0) is 17.8. The number of aliphatic hydroxyl groups is 1. The standard InChI is InChI=1S/C15H26N2O5S/c1-6-11-12(7-2)22-13(10(3)17(11)23(20)21)8-9-16-14(18)15(4,5)19/h6-7,10,13,19H,8-9H2,1-5H3,(H,16,18)(H,20,21)/p-1/b11-6+,12-7+/t10-,13?/m1/s1. The van der Waals surface area contributed by atoms with Gasteiger partial charge < -0.3 is 19.7 Å². The molecule has 0 bridgehead atoms. The number of morpholine rings is 1. The summed E-state index contributed by atoms with van der Waals surface area (Å²) >= 11 is -2.42. The number of ether oxygens (including phenoxy) is 1. The minimum absolute atomic E-state index is 0.277. The number of hydrogen-bond donors (Lipinski definition) is 2. The van der Waals surface area contributed by atoms with Gasteiger partial charge >= 0.3 is 0 Å². The van der Waals surface area contributed by atoms with Crippen LogP contribution in [0.4, 0.5) is 0 Å². The Hall–Kier alpha value is -1.38. The highest BCUT2D eigenvalue weighted by molar-refractivity contribution is 7.76. The van der Waals surface area contributed by atoms with E-state index in [1.807, 2.05) is 0 Å². The molecule has 8 heteroatoms.